The average molecular weight is 285 g/mol. The van der Waals surface area contributed by atoms with Crippen molar-refractivity contribution in [1.82, 2.24) is 19.8 Å². The lowest BCUT2D eigenvalue weighted by atomic mass is 10.2. The fourth-order valence-corrected chi connectivity index (χ4v) is 2.81. The van der Waals surface area contributed by atoms with E-state index in [2.05, 4.69) is 34.8 Å². The van der Waals surface area contributed by atoms with Gasteiger partial charge in [0.15, 0.2) is 0 Å². The van der Waals surface area contributed by atoms with Crippen LogP contribution in [-0.2, 0) is 17.9 Å². The van der Waals surface area contributed by atoms with Crippen molar-refractivity contribution < 1.29 is 4.79 Å². The fourth-order valence-electron chi connectivity index (χ4n) is 2.81. The number of fused-ring (bicyclic) bond motifs is 1. The van der Waals surface area contributed by atoms with Crippen molar-refractivity contribution in [3.8, 4) is 0 Å². The summed E-state index contributed by atoms with van der Waals surface area (Å²) in [6, 6.07) is 4.20. The summed E-state index contributed by atoms with van der Waals surface area (Å²) in [6.45, 7) is 7.89. The Morgan fingerprint density at radius 2 is 2.29 bits per heavy atom. The van der Waals surface area contributed by atoms with Crippen LogP contribution in [0.3, 0.4) is 0 Å². The Hall–Kier alpha value is -1.88. The molecule has 5 heteroatoms. The summed E-state index contributed by atoms with van der Waals surface area (Å²) in [4.78, 5) is 18.1. The quantitative estimate of drug-likeness (QED) is 0.928. The van der Waals surface area contributed by atoms with Gasteiger partial charge in [-0.2, -0.15) is 0 Å². The third-order valence-electron chi connectivity index (χ3n) is 3.80. The first-order chi connectivity index (χ1) is 10.1. The fraction of sp³-hybridized carbons (Fsp3) is 0.438. The van der Waals surface area contributed by atoms with Gasteiger partial charge in [-0.05, 0) is 18.1 Å². The van der Waals surface area contributed by atoms with E-state index in [-0.39, 0.29) is 5.91 Å². The zero-order valence-electron chi connectivity index (χ0n) is 12.6. The number of rotatable bonds is 4. The first-order valence-electron chi connectivity index (χ1n) is 7.35. The second kappa shape index (κ2) is 5.85. The van der Waals surface area contributed by atoms with Gasteiger partial charge in [-0.1, -0.05) is 13.8 Å². The van der Waals surface area contributed by atoms with E-state index in [0.717, 1.165) is 25.0 Å². The molecule has 0 aromatic carbocycles. The van der Waals surface area contributed by atoms with Crippen LogP contribution in [0, 0.1) is 5.92 Å². The maximum absolute atomic E-state index is 12.0. The molecule has 3 heterocycles. The molecule has 5 nitrogen and oxygen atoms in total. The Labute approximate surface area is 125 Å². The first kappa shape index (κ1) is 14.1. The lowest BCUT2D eigenvalue weighted by Crippen LogP contribution is -2.47. The molecule has 0 spiro atoms. The molecular formula is C16H21N4O. The van der Waals surface area contributed by atoms with Gasteiger partial charge in [0.25, 0.3) is 0 Å². The van der Waals surface area contributed by atoms with E-state index < -0.39 is 0 Å². The van der Waals surface area contributed by atoms with Crippen LogP contribution in [0.4, 0.5) is 0 Å². The number of hydrogen-bond acceptors (Lipinski definition) is 3. The highest BCUT2D eigenvalue weighted by Gasteiger charge is 2.20. The molecule has 111 valence electrons. The van der Waals surface area contributed by atoms with Gasteiger partial charge in [0, 0.05) is 43.1 Å². The van der Waals surface area contributed by atoms with Gasteiger partial charge >= 0.3 is 0 Å². The van der Waals surface area contributed by atoms with E-state index in [1.807, 2.05) is 23.4 Å². The summed E-state index contributed by atoms with van der Waals surface area (Å²) in [5.41, 5.74) is 2.36. The molecule has 1 N–H and O–H groups in total. The van der Waals surface area contributed by atoms with Crippen LogP contribution >= 0.6 is 0 Å². The van der Waals surface area contributed by atoms with E-state index in [4.69, 9.17) is 0 Å². The molecular weight excluding hydrogens is 264 g/mol. The van der Waals surface area contributed by atoms with Gasteiger partial charge < -0.3 is 14.8 Å². The molecule has 1 saturated heterocycles. The second-order valence-electron chi connectivity index (χ2n) is 5.86. The second-order valence-corrected chi connectivity index (χ2v) is 5.86. The van der Waals surface area contributed by atoms with E-state index in [1.54, 1.807) is 0 Å². The maximum Gasteiger partial charge on any atom is 0.236 e. The molecule has 0 bridgehead atoms. The lowest BCUT2D eigenvalue weighted by Gasteiger charge is -2.28. The number of amides is 1. The standard InChI is InChI=1S/C16H21N4O/c1-12(2)10-20-14(7-13-8-17-4-3-15(13)20)11-19-6-5-18-9-16(19)21/h3-4,7-8,18H,5-6,9-11H2,1-2H3. The molecule has 0 aliphatic carbocycles. The van der Waals surface area contributed by atoms with Crippen LogP contribution in [0.5, 0.6) is 0 Å². The lowest BCUT2D eigenvalue weighted by molar-refractivity contribution is -0.132. The Morgan fingerprint density at radius 3 is 3.05 bits per heavy atom. The van der Waals surface area contributed by atoms with E-state index >= 15 is 0 Å². The maximum atomic E-state index is 12.0. The number of carbonyl (C=O) groups excluding carboxylic acids is 1. The first-order valence-corrected chi connectivity index (χ1v) is 7.35. The predicted octanol–water partition coefficient (Wildman–Crippen LogP) is 1.58. The van der Waals surface area contributed by atoms with Crippen molar-refractivity contribution in [2.75, 3.05) is 19.6 Å². The molecule has 1 amide bonds. The number of piperazine rings is 1. The minimum absolute atomic E-state index is 0.174. The Morgan fingerprint density at radius 1 is 1.43 bits per heavy atom. The van der Waals surface area contributed by atoms with Crippen molar-refractivity contribution >= 4 is 16.8 Å². The zero-order chi connectivity index (χ0) is 14.8. The number of hydrogen-bond donors (Lipinski definition) is 1. The Kier molecular flexibility index (Phi) is 3.92. The van der Waals surface area contributed by atoms with Crippen LogP contribution in [0.15, 0.2) is 24.5 Å². The SMILES string of the molecule is C[C](C)Cn1c(CN2CCNCC2=O)cc2cnccc21. The molecule has 1 radical (unpaired) electrons. The van der Waals surface area contributed by atoms with Crippen LogP contribution in [0.2, 0.25) is 0 Å². The highest BCUT2D eigenvalue weighted by atomic mass is 16.2. The number of nitrogens with one attached hydrogen (secondary N) is 1. The van der Waals surface area contributed by atoms with Crippen molar-refractivity contribution in [2.24, 2.45) is 0 Å². The summed E-state index contributed by atoms with van der Waals surface area (Å²) in [6.07, 6.45) is 3.71. The Balaban J connectivity index is 1.94. The molecule has 0 unspecified atom stereocenters. The molecule has 0 saturated carbocycles. The van der Waals surface area contributed by atoms with Crippen molar-refractivity contribution in [1.29, 1.82) is 0 Å². The third kappa shape index (κ3) is 2.93. The minimum Gasteiger partial charge on any atom is -0.342 e. The number of carbonyl (C=O) groups is 1. The number of aromatic nitrogens is 2. The molecule has 2 aromatic heterocycles. The average Bonchev–Trinajstić information content (AvgIpc) is 2.79. The normalized spacial score (nSPS) is 16.1. The Bertz CT molecular complexity index is 647. The molecule has 1 fully saturated rings. The van der Waals surface area contributed by atoms with E-state index in [9.17, 15) is 4.79 Å². The summed E-state index contributed by atoms with van der Waals surface area (Å²) in [5.74, 6) is 1.52. The van der Waals surface area contributed by atoms with Gasteiger partial charge in [-0.15, -0.1) is 0 Å². The van der Waals surface area contributed by atoms with E-state index in [0.29, 0.717) is 13.1 Å². The van der Waals surface area contributed by atoms with E-state index in [1.165, 1.54) is 17.1 Å². The topological polar surface area (TPSA) is 50.2 Å². The van der Waals surface area contributed by atoms with Gasteiger partial charge in [0.1, 0.15) is 0 Å². The molecule has 21 heavy (non-hydrogen) atoms. The smallest absolute Gasteiger partial charge is 0.236 e. The molecule has 3 rings (SSSR count). The van der Waals surface area contributed by atoms with Gasteiger partial charge in [-0.25, -0.2) is 0 Å². The van der Waals surface area contributed by atoms with Crippen LogP contribution in [0.1, 0.15) is 19.5 Å². The van der Waals surface area contributed by atoms with Crippen molar-refractivity contribution in [3.63, 3.8) is 0 Å². The number of nitrogens with zero attached hydrogens (tertiary/aromatic N) is 3. The highest BCUT2D eigenvalue weighted by molar-refractivity contribution is 5.81. The van der Waals surface area contributed by atoms with Crippen LogP contribution in [0.25, 0.3) is 10.9 Å². The van der Waals surface area contributed by atoms with Crippen LogP contribution < -0.4 is 5.32 Å². The predicted molar refractivity (Wildman–Crippen MR) is 82.6 cm³/mol. The minimum atomic E-state index is 0.174. The summed E-state index contributed by atoms with van der Waals surface area (Å²) in [5, 5.41) is 4.25. The molecule has 1 aliphatic heterocycles. The summed E-state index contributed by atoms with van der Waals surface area (Å²) in [7, 11) is 0. The highest BCUT2D eigenvalue weighted by Crippen LogP contribution is 2.22. The van der Waals surface area contributed by atoms with Gasteiger partial charge in [0.2, 0.25) is 5.91 Å². The van der Waals surface area contributed by atoms with Crippen molar-refractivity contribution in [3.05, 3.63) is 36.1 Å². The molecule has 2 aromatic rings. The summed E-state index contributed by atoms with van der Waals surface area (Å²) < 4.78 is 2.29. The van der Waals surface area contributed by atoms with Crippen LogP contribution in [-0.4, -0.2) is 40.0 Å². The largest absolute Gasteiger partial charge is 0.342 e. The summed E-state index contributed by atoms with van der Waals surface area (Å²) >= 11 is 0. The van der Waals surface area contributed by atoms with Gasteiger partial charge in [-0.3, -0.25) is 9.78 Å². The number of pyridine rings is 1. The molecule has 0 atom stereocenters. The molecule has 1 aliphatic rings. The monoisotopic (exact) mass is 285 g/mol. The third-order valence-corrected chi connectivity index (χ3v) is 3.80. The van der Waals surface area contributed by atoms with Gasteiger partial charge in [0.05, 0.1) is 18.6 Å². The van der Waals surface area contributed by atoms with Crippen molar-refractivity contribution in [2.45, 2.75) is 26.9 Å². The zero-order valence-corrected chi connectivity index (χ0v) is 12.6.